The molecule has 1 fully saturated rings. The van der Waals surface area contributed by atoms with E-state index >= 15 is 0 Å². The molecule has 0 radical (unpaired) electrons. The fraction of sp³-hybridized carbons (Fsp3) is 0.364. The van der Waals surface area contributed by atoms with Crippen LogP contribution in [0, 0.1) is 0 Å². The van der Waals surface area contributed by atoms with Crippen LogP contribution in [0.5, 0.6) is 0 Å². The van der Waals surface area contributed by atoms with E-state index in [1.165, 1.54) is 0 Å². The van der Waals surface area contributed by atoms with Crippen molar-refractivity contribution in [3.05, 3.63) is 29.5 Å². The molecule has 0 aliphatic carbocycles. The molecule has 1 atom stereocenters. The maximum atomic E-state index is 4.53. The summed E-state index contributed by atoms with van der Waals surface area (Å²) in [6, 6.07) is 1.99. The molecule has 0 bridgehead atoms. The van der Waals surface area contributed by atoms with Gasteiger partial charge in [-0.3, -0.25) is 0 Å². The fourth-order valence-electron chi connectivity index (χ4n) is 1.95. The molecule has 0 aromatic carbocycles. The van der Waals surface area contributed by atoms with Crippen molar-refractivity contribution in [2.24, 2.45) is 0 Å². The lowest BCUT2D eigenvalue weighted by molar-refractivity contribution is 0.732. The summed E-state index contributed by atoms with van der Waals surface area (Å²) in [5, 5.41) is 9.21. The molecule has 5 nitrogen and oxygen atoms in total. The maximum absolute atomic E-state index is 4.53. The van der Waals surface area contributed by atoms with E-state index in [-0.39, 0.29) is 0 Å². The topological polar surface area (TPSA) is 62.7 Å². The first-order chi connectivity index (χ1) is 8.42. The van der Waals surface area contributed by atoms with Gasteiger partial charge in [-0.1, -0.05) is 0 Å². The first kappa shape index (κ1) is 10.6. The Morgan fingerprint density at radius 3 is 3.12 bits per heavy atom. The highest BCUT2D eigenvalue weighted by atomic mass is 32.1. The lowest BCUT2D eigenvalue weighted by atomic mass is 10.1. The zero-order chi connectivity index (χ0) is 11.5. The SMILES string of the molecule is c1cc(C2CCNC2)nc(Nc2nccs2)n1. The molecule has 0 amide bonds. The average Bonchev–Trinajstić information content (AvgIpc) is 3.01. The molecule has 88 valence electrons. The normalized spacial score (nSPS) is 19.4. The summed E-state index contributed by atoms with van der Waals surface area (Å²) in [6.45, 7) is 2.08. The van der Waals surface area contributed by atoms with Gasteiger partial charge in [0.05, 0.1) is 5.69 Å². The Morgan fingerprint density at radius 2 is 2.35 bits per heavy atom. The third-order valence-corrected chi connectivity index (χ3v) is 3.50. The van der Waals surface area contributed by atoms with Gasteiger partial charge < -0.3 is 10.6 Å². The van der Waals surface area contributed by atoms with E-state index in [0.717, 1.165) is 30.3 Å². The number of hydrogen-bond acceptors (Lipinski definition) is 6. The highest BCUT2D eigenvalue weighted by Gasteiger charge is 2.18. The minimum absolute atomic E-state index is 0.509. The number of hydrogen-bond donors (Lipinski definition) is 2. The van der Waals surface area contributed by atoms with Gasteiger partial charge in [0.25, 0.3) is 0 Å². The molecule has 1 saturated heterocycles. The Morgan fingerprint density at radius 1 is 1.35 bits per heavy atom. The predicted octanol–water partition coefficient (Wildman–Crippen LogP) is 1.75. The molecule has 1 unspecified atom stereocenters. The number of anilines is 2. The second-order valence-corrected chi connectivity index (χ2v) is 4.85. The van der Waals surface area contributed by atoms with Gasteiger partial charge in [-0.2, -0.15) is 0 Å². The van der Waals surface area contributed by atoms with Gasteiger partial charge in [0.1, 0.15) is 0 Å². The Labute approximate surface area is 103 Å². The zero-order valence-electron chi connectivity index (χ0n) is 9.26. The Balaban J connectivity index is 1.78. The minimum atomic E-state index is 0.509. The molecule has 2 N–H and O–H groups in total. The molecule has 0 saturated carbocycles. The maximum Gasteiger partial charge on any atom is 0.229 e. The van der Waals surface area contributed by atoms with Gasteiger partial charge in [-0.05, 0) is 19.0 Å². The highest BCUT2D eigenvalue weighted by Crippen LogP contribution is 2.22. The van der Waals surface area contributed by atoms with Gasteiger partial charge in [0, 0.05) is 30.2 Å². The fourth-order valence-corrected chi connectivity index (χ4v) is 2.47. The van der Waals surface area contributed by atoms with Crippen LogP contribution in [0.2, 0.25) is 0 Å². The van der Waals surface area contributed by atoms with Gasteiger partial charge >= 0.3 is 0 Å². The van der Waals surface area contributed by atoms with E-state index in [0.29, 0.717) is 11.9 Å². The largest absolute Gasteiger partial charge is 0.316 e. The summed E-state index contributed by atoms with van der Waals surface area (Å²) < 4.78 is 0. The molecule has 2 aromatic rings. The van der Waals surface area contributed by atoms with Crippen LogP contribution in [0.25, 0.3) is 0 Å². The molecule has 1 aliphatic rings. The van der Waals surface area contributed by atoms with E-state index in [4.69, 9.17) is 0 Å². The average molecular weight is 247 g/mol. The van der Waals surface area contributed by atoms with Crippen molar-refractivity contribution in [3.8, 4) is 0 Å². The van der Waals surface area contributed by atoms with Gasteiger partial charge in [-0.15, -0.1) is 11.3 Å². The zero-order valence-corrected chi connectivity index (χ0v) is 10.1. The number of nitrogens with zero attached hydrogens (tertiary/aromatic N) is 3. The van der Waals surface area contributed by atoms with Crippen LogP contribution >= 0.6 is 11.3 Å². The first-order valence-corrected chi connectivity index (χ1v) is 6.50. The molecule has 2 aromatic heterocycles. The standard InChI is InChI=1S/C11H13N5S/c1-3-12-7-8(1)9-2-4-13-10(15-9)16-11-14-5-6-17-11/h2,4-6,8,12H,1,3,7H2,(H,13,14,15,16). The third-order valence-electron chi connectivity index (χ3n) is 2.81. The molecule has 3 heterocycles. The number of aromatic nitrogens is 3. The van der Waals surface area contributed by atoms with Crippen molar-refractivity contribution in [2.45, 2.75) is 12.3 Å². The molecule has 0 spiro atoms. The first-order valence-electron chi connectivity index (χ1n) is 5.62. The minimum Gasteiger partial charge on any atom is -0.316 e. The summed E-state index contributed by atoms with van der Waals surface area (Å²) in [6.07, 6.45) is 4.71. The summed E-state index contributed by atoms with van der Waals surface area (Å²) >= 11 is 1.54. The van der Waals surface area contributed by atoms with Crippen molar-refractivity contribution in [1.29, 1.82) is 0 Å². The highest BCUT2D eigenvalue weighted by molar-refractivity contribution is 7.13. The molecule has 17 heavy (non-hydrogen) atoms. The molecule has 6 heteroatoms. The van der Waals surface area contributed by atoms with E-state index in [9.17, 15) is 0 Å². The monoisotopic (exact) mass is 247 g/mol. The lowest BCUT2D eigenvalue weighted by Crippen LogP contribution is -2.09. The second-order valence-electron chi connectivity index (χ2n) is 3.96. The Bertz CT molecular complexity index is 478. The lowest BCUT2D eigenvalue weighted by Gasteiger charge is -2.08. The summed E-state index contributed by atoms with van der Waals surface area (Å²) in [7, 11) is 0. The van der Waals surface area contributed by atoms with E-state index in [1.807, 2.05) is 11.4 Å². The van der Waals surface area contributed by atoms with Crippen molar-refractivity contribution in [1.82, 2.24) is 20.3 Å². The Hall–Kier alpha value is -1.53. The van der Waals surface area contributed by atoms with Crippen molar-refractivity contribution in [2.75, 3.05) is 18.4 Å². The van der Waals surface area contributed by atoms with E-state index in [1.54, 1.807) is 23.7 Å². The van der Waals surface area contributed by atoms with Crippen molar-refractivity contribution >= 4 is 22.4 Å². The van der Waals surface area contributed by atoms with Gasteiger partial charge in [0.2, 0.25) is 5.95 Å². The smallest absolute Gasteiger partial charge is 0.229 e. The quantitative estimate of drug-likeness (QED) is 0.865. The van der Waals surface area contributed by atoms with E-state index < -0.39 is 0 Å². The predicted molar refractivity (Wildman–Crippen MR) is 67.7 cm³/mol. The number of rotatable bonds is 3. The summed E-state index contributed by atoms with van der Waals surface area (Å²) in [4.78, 5) is 12.9. The van der Waals surface area contributed by atoms with Crippen LogP contribution in [-0.2, 0) is 0 Å². The van der Waals surface area contributed by atoms with Crippen LogP contribution < -0.4 is 10.6 Å². The van der Waals surface area contributed by atoms with Gasteiger partial charge in [-0.25, -0.2) is 15.0 Å². The van der Waals surface area contributed by atoms with E-state index in [2.05, 4.69) is 25.6 Å². The summed E-state index contributed by atoms with van der Waals surface area (Å²) in [5.41, 5.74) is 1.10. The van der Waals surface area contributed by atoms with Crippen molar-refractivity contribution < 1.29 is 0 Å². The molecular formula is C11H13N5S. The molecule has 1 aliphatic heterocycles. The Kier molecular flexibility index (Phi) is 2.98. The molecule has 3 rings (SSSR count). The van der Waals surface area contributed by atoms with Crippen LogP contribution in [-0.4, -0.2) is 28.0 Å². The van der Waals surface area contributed by atoms with Crippen LogP contribution in [0.3, 0.4) is 0 Å². The van der Waals surface area contributed by atoms with Crippen LogP contribution in [0.1, 0.15) is 18.0 Å². The number of nitrogens with one attached hydrogen (secondary N) is 2. The molecular weight excluding hydrogens is 234 g/mol. The van der Waals surface area contributed by atoms with Crippen LogP contribution in [0.15, 0.2) is 23.8 Å². The number of thiazole rings is 1. The van der Waals surface area contributed by atoms with Crippen LogP contribution in [0.4, 0.5) is 11.1 Å². The second kappa shape index (κ2) is 4.77. The van der Waals surface area contributed by atoms with Crippen molar-refractivity contribution in [3.63, 3.8) is 0 Å². The summed E-state index contributed by atoms with van der Waals surface area (Å²) in [5.74, 6) is 1.14. The van der Waals surface area contributed by atoms with Gasteiger partial charge in [0.15, 0.2) is 5.13 Å². The third kappa shape index (κ3) is 2.42.